The van der Waals surface area contributed by atoms with Gasteiger partial charge in [-0.15, -0.1) is 0 Å². The maximum atomic E-state index is 12.3. The molecule has 2 aromatic rings. The van der Waals surface area contributed by atoms with Gasteiger partial charge in [0.2, 0.25) is 0 Å². The summed E-state index contributed by atoms with van der Waals surface area (Å²) in [5.41, 5.74) is 0.913. The number of carbonyl (C=O) groups is 1. The molecule has 27 heavy (non-hydrogen) atoms. The van der Waals surface area contributed by atoms with E-state index < -0.39 is 5.91 Å². The molecule has 2 rings (SSSR count). The van der Waals surface area contributed by atoms with E-state index >= 15 is 0 Å². The van der Waals surface area contributed by atoms with Gasteiger partial charge in [-0.25, -0.2) is 0 Å². The van der Waals surface area contributed by atoms with Crippen LogP contribution in [0.1, 0.15) is 5.56 Å². The first-order valence-corrected chi connectivity index (χ1v) is 8.65. The van der Waals surface area contributed by atoms with Gasteiger partial charge in [-0.1, -0.05) is 0 Å². The molecule has 7 nitrogen and oxygen atoms in total. The molecule has 0 heterocycles. The predicted octanol–water partition coefficient (Wildman–Crippen LogP) is 3.45. The normalized spacial score (nSPS) is 10.4. The molecule has 0 saturated heterocycles. The molecule has 0 aliphatic rings. The van der Waals surface area contributed by atoms with E-state index in [0.717, 1.165) is 0 Å². The van der Waals surface area contributed by atoms with Crippen LogP contribution >= 0.6 is 22.6 Å². The number of halogens is 1. The molecule has 8 heteroatoms. The van der Waals surface area contributed by atoms with Gasteiger partial charge in [-0.2, -0.15) is 10.5 Å². The first-order valence-electron chi connectivity index (χ1n) is 7.58. The van der Waals surface area contributed by atoms with Crippen LogP contribution in [0.3, 0.4) is 0 Å². The standard InChI is InChI=1S/C19H14IN3O4/c1-26-17-10-12(9-16(20)18(17)27-7-6-21)8-13(11-22)19(25)23-14-2-4-15(24)5-3-14/h2-5,8-10,24H,7H2,1H3,(H,23,25)/b13-8+. The average Bonchev–Trinajstić information content (AvgIpc) is 2.66. The lowest BCUT2D eigenvalue weighted by molar-refractivity contribution is -0.112. The predicted molar refractivity (Wildman–Crippen MR) is 107 cm³/mol. The topological polar surface area (TPSA) is 115 Å². The highest BCUT2D eigenvalue weighted by molar-refractivity contribution is 14.1. The highest BCUT2D eigenvalue weighted by Gasteiger charge is 2.14. The summed E-state index contributed by atoms with van der Waals surface area (Å²) in [5.74, 6) is 0.301. The molecule has 0 fully saturated rings. The maximum Gasteiger partial charge on any atom is 0.266 e. The largest absolute Gasteiger partial charge is 0.508 e. The Morgan fingerprint density at radius 2 is 2.00 bits per heavy atom. The fraction of sp³-hybridized carbons (Fsp3) is 0.105. The highest BCUT2D eigenvalue weighted by Crippen LogP contribution is 2.34. The van der Waals surface area contributed by atoms with Crippen molar-refractivity contribution in [2.75, 3.05) is 19.0 Å². The van der Waals surface area contributed by atoms with Gasteiger partial charge in [0.15, 0.2) is 18.1 Å². The number of nitriles is 2. The van der Waals surface area contributed by atoms with Gasteiger partial charge in [0.1, 0.15) is 23.5 Å². The Balaban J connectivity index is 2.29. The number of benzene rings is 2. The summed E-state index contributed by atoms with van der Waals surface area (Å²) < 4.78 is 11.3. The van der Waals surface area contributed by atoms with Crippen molar-refractivity contribution in [2.45, 2.75) is 0 Å². The fourth-order valence-corrected chi connectivity index (χ4v) is 2.91. The van der Waals surface area contributed by atoms with E-state index in [1.807, 2.05) is 34.7 Å². The minimum absolute atomic E-state index is 0.0735. The molecule has 0 aliphatic heterocycles. The molecule has 1 amide bonds. The minimum atomic E-state index is -0.582. The molecule has 0 bridgehead atoms. The third-order valence-electron chi connectivity index (χ3n) is 3.33. The van der Waals surface area contributed by atoms with Crippen LogP contribution in [0, 0.1) is 26.2 Å². The summed E-state index contributed by atoms with van der Waals surface area (Å²) in [6.07, 6.45) is 1.43. The minimum Gasteiger partial charge on any atom is -0.508 e. The van der Waals surface area contributed by atoms with Crippen LogP contribution < -0.4 is 14.8 Å². The van der Waals surface area contributed by atoms with E-state index in [0.29, 0.717) is 26.3 Å². The van der Waals surface area contributed by atoms with Crippen LogP contribution in [0.15, 0.2) is 42.0 Å². The number of amides is 1. The van der Waals surface area contributed by atoms with Gasteiger partial charge in [0, 0.05) is 5.69 Å². The van der Waals surface area contributed by atoms with Crippen molar-refractivity contribution < 1.29 is 19.4 Å². The zero-order valence-electron chi connectivity index (χ0n) is 14.2. The van der Waals surface area contributed by atoms with Crippen molar-refractivity contribution in [3.8, 4) is 29.4 Å². The van der Waals surface area contributed by atoms with Gasteiger partial charge in [-0.3, -0.25) is 4.79 Å². The van der Waals surface area contributed by atoms with Crippen LogP contribution in [0.25, 0.3) is 6.08 Å². The number of rotatable bonds is 6. The Labute approximate surface area is 169 Å². The van der Waals surface area contributed by atoms with Crippen LogP contribution in [-0.4, -0.2) is 24.7 Å². The Morgan fingerprint density at radius 1 is 1.30 bits per heavy atom. The number of phenolic OH excluding ortho intramolecular Hbond substituents is 1. The first-order chi connectivity index (χ1) is 13.0. The Hall–Kier alpha value is -3.24. The number of hydrogen-bond donors (Lipinski definition) is 2. The zero-order valence-corrected chi connectivity index (χ0v) is 16.4. The SMILES string of the molecule is COc1cc(/C=C(\C#N)C(=O)Nc2ccc(O)cc2)cc(I)c1OCC#N. The second-order valence-electron chi connectivity index (χ2n) is 5.15. The van der Waals surface area contributed by atoms with E-state index in [4.69, 9.17) is 14.7 Å². The lowest BCUT2D eigenvalue weighted by Crippen LogP contribution is -2.13. The molecule has 0 saturated carbocycles. The molecule has 0 atom stereocenters. The van der Waals surface area contributed by atoms with E-state index in [1.165, 1.54) is 37.5 Å². The lowest BCUT2D eigenvalue weighted by atomic mass is 10.1. The Morgan fingerprint density at radius 3 is 2.59 bits per heavy atom. The van der Waals surface area contributed by atoms with Gasteiger partial charge in [0.05, 0.1) is 10.7 Å². The summed E-state index contributed by atoms with van der Waals surface area (Å²) in [6.45, 7) is -0.125. The average molecular weight is 475 g/mol. The zero-order chi connectivity index (χ0) is 19.8. The van der Waals surface area contributed by atoms with Crippen molar-refractivity contribution in [2.24, 2.45) is 0 Å². The van der Waals surface area contributed by atoms with Gasteiger partial charge >= 0.3 is 0 Å². The van der Waals surface area contributed by atoms with Crippen LogP contribution in [-0.2, 0) is 4.79 Å². The summed E-state index contributed by atoms with van der Waals surface area (Å²) in [5, 5.41) is 29.9. The number of nitrogens with one attached hydrogen (secondary N) is 1. The smallest absolute Gasteiger partial charge is 0.266 e. The van der Waals surface area contributed by atoms with E-state index in [1.54, 1.807) is 12.1 Å². The van der Waals surface area contributed by atoms with Gasteiger partial charge in [-0.05, 0) is 70.6 Å². The van der Waals surface area contributed by atoms with Crippen molar-refractivity contribution in [1.82, 2.24) is 0 Å². The molecule has 2 N–H and O–H groups in total. The van der Waals surface area contributed by atoms with E-state index in [-0.39, 0.29) is 17.9 Å². The van der Waals surface area contributed by atoms with Crippen molar-refractivity contribution in [1.29, 1.82) is 10.5 Å². The monoisotopic (exact) mass is 475 g/mol. The van der Waals surface area contributed by atoms with Crippen LogP contribution in [0.2, 0.25) is 0 Å². The van der Waals surface area contributed by atoms with Crippen molar-refractivity contribution >= 4 is 40.3 Å². The summed E-state index contributed by atoms with van der Waals surface area (Å²) in [4.78, 5) is 12.3. The van der Waals surface area contributed by atoms with E-state index in [9.17, 15) is 15.2 Å². The maximum absolute atomic E-state index is 12.3. The number of aromatic hydroxyl groups is 1. The first kappa shape index (κ1) is 20.1. The number of carbonyl (C=O) groups excluding carboxylic acids is 1. The summed E-state index contributed by atoms with van der Waals surface area (Å²) in [6, 6.07) is 13.0. The second kappa shape index (κ2) is 9.46. The van der Waals surface area contributed by atoms with Gasteiger partial charge in [0.25, 0.3) is 5.91 Å². The van der Waals surface area contributed by atoms with Crippen LogP contribution in [0.5, 0.6) is 17.2 Å². The van der Waals surface area contributed by atoms with Crippen molar-refractivity contribution in [3.63, 3.8) is 0 Å². The summed E-state index contributed by atoms with van der Waals surface area (Å²) >= 11 is 2.02. The molecule has 136 valence electrons. The number of anilines is 1. The lowest BCUT2D eigenvalue weighted by Gasteiger charge is -2.12. The quantitative estimate of drug-likeness (QED) is 0.286. The second-order valence-corrected chi connectivity index (χ2v) is 6.31. The number of methoxy groups -OCH3 is 1. The summed E-state index contributed by atoms with van der Waals surface area (Å²) in [7, 11) is 1.46. The number of hydrogen-bond acceptors (Lipinski definition) is 6. The van der Waals surface area contributed by atoms with Crippen LogP contribution in [0.4, 0.5) is 5.69 Å². The molecule has 0 unspecified atom stereocenters. The fourth-order valence-electron chi connectivity index (χ4n) is 2.13. The molecule has 0 aromatic heterocycles. The van der Waals surface area contributed by atoms with E-state index in [2.05, 4.69) is 5.32 Å². The third kappa shape index (κ3) is 5.36. The molecule has 0 spiro atoms. The Bertz CT molecular complexity index is 957. The number of nitrogens with zero attached hydrogens (tertiary/aromatic N) is 2. The van der Waals surface area contributed by atoms with Gasteiger partial charge < -0.3 is 19.9 Å². The molecular formula is C19H14IN3O4. The molecule has 0 radical (unpaired) electrons. The number of phenols is 1. The third-order valence-corrected chi connectivity index (χ3v) is 4.14. The van der Waals surface area contributed by atoms with Crippen molar-refractivity contribution in [3.05, 3.63) is 51.1 Å². The highest BCUT2D eigenvalue weighted by atomic mass is 127. The molecule has 0 aliphatic carbocycles. The molecular weight excluding hydrogens is 461 g/mol. The molecule has 2 aromatic carbocycles. The number of ether oxygens (including phenoxy) is 2. The Kier molecular flexibility index (Phi) is 7.03.